The first-order valence-electron chi connectivity index (χ1n) is 6.61. The Balaban J connectivity index is 2.23. The minimum atomic E-state index is -0.432. The smallest absolute Gasteiger partial charge is 0.353 e. The van der Waals surface area contributed by atoms with Gasteiger partial charge in [-0.3, -0.25) is 10.1 Å². The highest BCUT2D eigenvalue weighted by Gasteiger charge is 2.27. The molecule has 7 heteroatoms. The summed E-state index contributed by atoms with van der Waals surface area (Å²) in [5.74, 6) is 1.25. The molecule has 0 spiro atoms. The van der Waals surface area contributed by atoms with Gasteiger partial charge in [0.2, 0.25) is 11.6 Å². The maximum absolute atomic E-state index is 11.2. The van der Waals surface area contributed by atoms with Gasteiger partial charge in [0, 0.05) is 12.6 Å². The van der Waals surface area contributed by atoms with E-state index < -0.39 is 4.92 Å². The number of nitrogens with one attached hydrogen (secondary N) is 2. The van der Waals surface area contributed by atoms with Crippen LogP contribution in [0.3, 0.4) is 0 Å². The molecule has 1 aromatic rings. The molecule has 1 aliphatic carbocycles. The lowest BCUT2D eigenvalue weighted by molar-refractivity contribution is -0.383. The highest BCUT2D eigenvalue weighted by atomic mass is 16.6. The quantitative estimate of drug-likeness (QED) is 0.627. The minimum Gasteiger partial charge on any atom is -0.364 e. The van der Waals surface area contributed by atoms with Crippen molar-refractivity contribution in [1.29, 1.82) is 0 Å². The van der Waals surface area contributed by atoms with Crippen LogP contribution < -0.4 is 10.6 Å². The molecule has 104 valence electrons. The maximum atomic E-state index is 11.2. The lowest BCUT2D eigenvalue weighted by Crippen LogP contribution is -2.18. The Labute approximate surface area is 112 Å². The molecular formula is C12H19N5O2. The van der Waals surface area contributed by atoms with Crippen LogP contribution in [0.2, 0.25) is 0 Å². The molecule has 2 atom stereocenters. The zero-order valence-corrected chi connectivity index (χ0v) is 11.2. The van der Waals surface area contributed by atoms with Crippen molar-refractivity contribution in [3.63, 3.8) is 0 Å². The van der Waals surface area contributed by atoms with E-state index in [0.29, 0.717) is 18.3 Å². The zero-order chi connectivity index (χ0) is 13.8. The average Bonchev–Trinajstić information content (AvgIpc) is 2.75. The summed E-state index contributed by atoms with van der Waals surface area (Å²) in [6.07, 6.45) is 4.55. The van der Waals surface area contributed by atoms with Crippen molar-refractivity contribution in [3.05, 3.63) is 16.4 Å². The van der Waals surface area contributed by atoms with Crippen molar-refractivity contribution in [3.8, 4) is 0 Å². The van der Waals surface area contributed by atoms with Crippen molar-refractivity contribution in [1.82, 2.24) is 9.97 Å². The number of rotatable bonds is 5. The summed E-state index contributed by atoms with van der Waals surface area (Å²) in [5, 5.41) is 17.3. The molecule has 19 heavy (non-hydrogen) atoms. The van der Waals surface area contributed by atoms with Crippen LogP contribution in [-0.2, 0) is 0 Å². The van der Waals surface area contributed by atoms with Crippen LogP contribution in [0.25, 0.3) is 0 Å². The predicted octanol–water partition coefficient (Wildman–Crippen LogP) is 2.42. The lowest BCUT2D eigenvalue weighted by atomic mass is 10.1. The second kappa shape index (κ2) is 5.81. The van der Waals surface area contributed by atoms with Crippen LogP contribution in [0.15, 0.2) is 6.33 Å². The topological polar surface area (TPSA) is 93.0 Å². The fraction of sp³-hybridized carbons (Fsp3) is 0.667. The molecule has 1 aromatic heterocycles. The van der Waals surface area contributed by atoms with E-state index in [1.165, 1.54) is 6.33 Å². The normalized spacial score (nSPS) is 22.2. The molecule has 1 fully saturated rings. The van der Waals surface area contributed by atoms with Gasteiger partial charge in [-0.05, 0) is 32.1 Å². The van der Waals surface area contributed by atoms with Gasteiger partial charge in [-0.25, -0.2) is 9.97 Å². The highest BCUT2D eigenvalue weighted by Crippen LogP contribution is 2.33. The Hall–Kier alpha value is -1.92. The Morgan fingerprint density at radius 3 is 2.74 bits per heavy atom. The summed E-state index contributed by atoms with van der Waals surface area (Å²) in [5.41, 5.74) is -0.0658. The van der Waals surface area contributed by atoms with E-state index in [0.717, 1.165) is 19.3 Å². The third-order valence-corrected chi connectivity index (χ3v) is 3.38. The summed E-state index contributed by atoms with van der Waals surface area (Å²) < 4.78 is 0. The average molecular weight is 265 g/mol. The maximum Gasteiger partial charge on any atom is 0.353 e. The van der Waals surface area contributed by atoms with Crippen molar-refractivity contribution in [2.24, 2.45) is 5.92 Å². The molecule has 0 saturated heterocycles. The zero-order valence-electron chi connectivity index (χ0n) is 11.2. The molecule has 2 unspecified atom stereocenters. The molecule has 0 aromatic carbocycles. The predicted molar refractivity (Wildman–Crippen MR) is 73.3 cm³/mol. The van der Waals surface area contributed by atoms with Gasteiger partial charge < -0.3 is 10.6 Å². The van der Waals surface area contributed by atoms with E-state index in [9.17, 15) is 10.1 Å². The van der Waals surface area contributed by atoms with Crippen LogP contribution in [-0.4, -0.2) is 27.5 Å². The Morgan fingerprint density at radius 2 is 2.16 bits per heavy atom. The van der Waals surface area contributed by atoms with Gasteiger partial charge in [-0.2, -0.15) is 0 Å². The van der Waals surface area contributed by atoms with Gasteiger partial charge in [0.1, 0.15) is 6.33 Å². The van der Waals surface area contributed by atoms with Gasteiger partial charge in [-0.1, -0.05) is 6.92 Å². The molecule has 0 bridgehead atoms. The van der Waals surface area contributed by atoms with Crippen LogP contribution in [0.5, 0.6) is 0 Å². The van der Waals surface area contributed by atoms with E-state index >= 15 is 0 Å². The summed E-state index contributed by atoms with van der Waals surface area (Å²) >= 11 is 0. The standard InChI is InChI=1S/C12H19N5O2/c1-3-13-11-10(17(18)19)12(15-7-14-11)16-9-5-4-8(2)6-9/h7-9H,3-6H2,1-2H3,(H2,13,14,15,16). The first-order chi connectivity index (χ1) is 9.11. The van der Waals surface area contributed by atoms with E-state index in [2.05, 4.69) is 27.5 Å². The summed E-state index contributed by atoms with van der Waals surface area (Å²) in [6, 6.07) is 0.262. The summed E-state index contributed by atoms with van der Waals surface area (Å²) in [7, 11) is 0. The number of hydrogen-bond donors (Lipinski definition) is 2. The number of hydrogen-bond acceptors (Lipinski definition) is 6. The van der Waals surface area contributed by atoms with Gasteiger partial charge >= 0.3 is 5.69 Å². The Kier molecular flexibility index (Phi) is 4.13. The molecule has 0 aliphatic heterocycles. The van der Waals surface area contributed by atoms with Gasteiger partial charge in [0.25, 0.3) is 0 Å². The van der Waals surface area contributed by atoms with E-state index in [-0.39, 0.29) is 17.5 Å². The third kappa shape index (κ3) is 3.10. The van der Waals surface area contributed by atoms with Gasteiger partial charge in [-0.15, -0.1) is 0 Å². The molecule has 2 rings (SSSR count). The molecule has 7 nitrogen and oxygen atoms in total. The summed E-state index contributed by atoms with van der Waals surface area (Å²) in [4.78, 5) is 18.7. The second-order valence-electron chi connectivity index (χ2n) is 4.97. The third-order valence-electron chi connectivity index (χ3n) is 3.38. The Morgan fingerprint density at radius 1 is 1.42 bits per heavy atom. The molecule has 0 radical (unpaired) electrons. The number of aromatic nitrogens is 2. The van der Waals surface area contributed by atoms with Crippen LogP contribution in [0, 0.1) is 16.0 Å². The number of nitrogens with zero attached hydrogens (tertiary/aromatic N) is 3. The van der Waals surface area contributed by atoms with Crippen LogP contribution in [0.4, 0.5) is 17.3 Å². The van der Waals surface area contributed by atoms with Gasteiger partial charge in [0.15, 0.2) is 0 Å². The number of nitro groups is 1. The highest BCUT2D eigenvalue weighted by molar-refractivity contribution is 5.69. The lowest BCUT2D eigenvalue weighted by Gasteiger charge is -2.14. The first kappa shape index (κ1) is 13.5. The first-order valence-corrected chi connectivity index (χ1v) is 6.61. The largest absolute Gasteiger partial charge is 0.364 e. The van der Waals surface area contributed by atoms with E-state index in [1.807, 2.05) is 6.92 Å². The fourth-order valence-electron chi connectivity index (χ4n) is 2.49. The van der Waals surface area contributed by atoms with Crippen LogP contribution in [0.1, 0.15) is 33.1 Å². The molecule has 0 amide bonds. The van der Waals surface area contributed by atoms with Crippen LogP contribution >= 0.6 is 0 Å². The molecule has 1 aliphatic rings. The van der Waals surface area contributed by atoms with Crippen molar-refractivity contribution in [2.75, 3.05) is 17.2 Å². The SMILES string of the molecule is CCNc1ncnc(NC2CCC(C)C2)c1[N+](=O)[O-]. The molecular weight excluding hydrogens is 246 g/mol. The molecule has 1 saturated carbocycles. The Bertz CT molecular complexity index is 465. The minimum absolute atomic E-state index is 0.0658. The number of anilines is 2. The monoisotopic (exact) mass is 265 g/mol. The molecule has 1 heterocycles. The molecule has 2 N–H and O–H groups in total. The van der Waals surface area contributed by atoms with Gasteiger partial charge in [0.05, 0.1) is 4.92 Å². The van der Waals surface area contributed by atoms with E-state index in [4.69, 9.17) is 0 Å². The van der Waals surface area contributed by atoms with Crippen molar-refractivity contribution >= 4 is 17.3 Å². The van der Waals surface area contributed by atoms with E-state index in [1.54, 1.807) is 0 Å². The fourth-order valence-corrected chi connectivity index (χ4v) is 2.49. The summed E-state index contributed by atoms with van der Waals surface area (Å²) in [6.45, 7) is 4.65. The van der Waals surface area contributed by atoms with Crippen molar-refractivity contribution < 1.29 is 4.92 Å². The second-order valence-corrected chi connectivity index (χ2v) is 4.97. The van der Waals surface area contributed by atoms with Crippen molar-refractivity contribution in [2.45, 2.75) is 39.2 Å².